The number of fused-ring (bicyclic) bond motifs is 1. The molecule has 2 aliphatic heterocycles. The molecular formula is C15H20ClNO3S. The van der Waals surface area contributed by atoms with Gasteiger partial charge in [-0.05, 0) is 31.5 Å². The Hall–Kier alpha value is -0.780. The van der Waals surface area contributed by atoms with Crippen LogP contribution < -0.4 is 4.74 Å². The first-order chi connectivity index (χ1) is 9.88. The highest BCUT2D eigenvalue weighted by atomic mass is 35.5. The lowest BCUT2D eigenvalue weighted by molar-refractivity contribution is 0.195. The van der Waals surface area contributed by atoms with Gasteiger partial charge >= 0.3 is 0 Å². The van der Waals surface area contributed by atoms with E-state index in [1.54, 1.807) is 6.92 Å². The molecule has 3 rings (SSSR count). The van der Waals surface area contributed by atoms with Gasteiger partial charge in [-0.1, -0.05) is 11.6 Å². The van der Waals surface area contributed by atoms with Crippen LogP contribution in [0, 0.1) is 0 Å². The van der Waals surface area contributed by atoms with Gasteiger partial charge in [-0.2, -0.15) is 0 Å². The van der Waals surface area contributed by atoms with Crippen LogP contribution in [0.2, 0.25) is 5.02 Å². The van der Waals surface area contributed by atoms with Gasteiger partial charge in [0.25, 0.3) is 0 Å². The maximum absolute atomic E-state index is 12.0. The number of sulfone groups is 1. The van der Waals surface area contributed by atoms with E-state index in [-0.39, 0.29) is 17.0 Å². The minimum atomic E-state index is -2.95. The van der Waals surface area contributed by atoms with Crippen LogP contribution in [0.25, 0.3) is 0 Å². The van der Waals surface area contributed by atoms with Gasteiger partial charge in [0.1, 0.15) is 5.75 Å². The number of ether oxygens (including phenoxy) is 1. The van der Waals surface area contributed by atoms with Crippen LogP contribution in [0.15, 0.2) is 12.1 Å². The van der Waals surface area contributed by atoms with Crippen molar-refractivity contribution in [1.29, 1.82) is 0 Å². The Balaban J connectivity index is 1.85. The van der Waals surface area contributed by atoms with Crippen LogP contribution in [0.4, 0.5) is 0 Å². The maximum Gasteiger partial charge on any atom is 0.155 e. The molecule has 0 bridgehead atoms. The van der Waals surface area contributed by atoms with E-state index in [9.17, 15) is 8.42 Å². The minimum absolute atomic E-state index is 0.000199. The second-order valence-electron chi connectivity index (χ2n) is 5.93. The van der Waals surface area contributed by atoms with Crippen LogP contribution >= 0.6 is 11.6 Å². The van der Waals surface area contributed by atoms with E-state index in [1.165, 1.54) is 0 Å². The van der Waals surface area contributed by atoms with E-state index in [1.807, 2.05) is 19.1 Å². The van der Waals surface area contributed by atoms with Crippen molar-refractivity contribution in [3.05, 3.63) is 28.3 Å². The summed E-state index contributed by atoms with van der Waals surface area (Å²) in [5.74, 6) is 1.16. The van der Waals surface area contributed by atoms with Crippen LogP contribution in [0.5, 0.6) is 5.75 Å². The SMILES string of the molecule is CC1C(C)S(=O)(=O)CCN1Cc1cc(Cl)cc2c1OCC2. The predicted octanol–water partition coefficient (Wildman–Crippen LogP) is 2.28. The van der Waals surface area contributed by atoms with E-state index in [0.717, 1.165) is 28.3 Å². The summed E-state index contributed by atoms with van der Waals surface area (Å²) in [6, 6.07) is 3.89. The molecule has 1 aromatic rings. The normalized spacial score (nSPS) is 28.1. The zero-order valence-electron chi connectivity index (χ0n) is 12.3. The molecule has 21 heavy (non-hydrogen) atoms. The molecule has 2 unspecified atom stereocenters. The molecule has 0 aromatic heterocycles. The van der Waals surface area contributed by atoms with Crippen LogP contribution in [-0.4, -0.2) is 43.5 Å². The van der Waals surface area contributed by atoms with Gasteiger partial charge in [0.15, 0.2) is 9.84 Å². The third kappa shape index (κ3) is 2.79. The number of halogens is 1. The number of hydrogen-bond acceptors (Lipinski definition) is 4. The maximum atomic E-state index is 12.0. The van der Waals surface area contributed by atoms with Gasteiger partial charge in [-0.25, -0.2) is 8.42 Å². The summed E-state index contributed by atoms with van der Waals surface area (Å²) in [7, 11) is -2.95. The highest BCUT2D eigenvalue weighted by Crippen LogP contribution is 2.34. The first-order valence-electron chi connectivity index (χ1n) is 7.28. The Morgan fingerprint density at radius 2 is 2.14 bits per heavy atom. The summed E-state index contributed by atoms with van der Waals surface area (Å²) in [5, 5.41) is 0.388. The van der Waals surface area contributed by atoms with Gasteiger partial charge in [0.2, 0.25) is 0 Å². The number of rotatable bonds is 2. The fraction of sp³-hybridized carbons (Fsp3) is 0.600. The third-order valence-corrected chi connectivity index (χ3v) is 7.18. The fourth-order valence-corrected chi connectivity index (χ4v) is 5.03. The van der Waals surface area contributed by atoms with Crippen molar-refractivity contribution in [2.24, 2.45) is 0 Å². The van der Waals surface area contributed by atoms with Crippen molar-refractivity contribution in [3.8, 4) is 5.75 Å². The minimum Gasteiger partial charge on any atom is -0.493 e. The quantitative estimate of drug-likeness (QED) is 0.835. The molecule has 4 nitrogen and oxygen atoms in total. The molecular weight excluding hydrogens is 310 g/mol. The van der Waals surface area contributed by atoms with E-state index in [0.29, 0.717) is 19.7 Å². The monoisotopic (exact) mass is 329 g/mol. The molecule has 1 saturated heterocycles. The highest BCUT2D eigenvalue weighted by molar-refractivity contribution is 7.92. The molecule has 0 N–H and O–H groups in total. The van der Waals surface area contributed by atoms with Crippen molar-refractivity contribution < 1.29 is 13.2 Å². The number of nitrogens with zero attached hydrogens (tertiary/aromatic N) is 1. The molecule has 2 heterocycles. The van der Waals surface area contributed by atoms with Gasteiger partial charge in [0, 0.05) is 36.1 Å². The Morgan fingerprint density at radius 3 is 2.90 bits per heavy atom. The molecule has 6 heteroatoms. The molecule has 2 atom stereocenters. The van der Waals surface area contributed by atoms with E-state index in [4.69, 9.17) is 16.3 Å². The molecule has 0 amide bonds. The van der Waals surface area contributed by atoms with Gasteiger partial charge < -0.3 is 4.74 Å². The topological polar surface area (TPSA) is 46.6 Å². The Bertz CT molecular complexity index is 659. The average Bonchev–Trinajstić information content (AvgIpc) is 2.88. The van der Waals surface area contributed by atoms with Gasteiger partial charge in [-0.15, -0.1) is 0 Å². The van der Waals surface area contributed by atoms with Crippen molar-refractivity contribution in [1.82, 2.24) is 4.90 Å². The lowest BCUT2D eigenvalue weighted by Crippen LogP contribution is -2.51. The Labute approximate surface area is 131 Å². The Kier molecular flexibility index (Phi) is 3.93. The first-order valence-corrected chi connectivity index (χ1v) is 9.37. The molecule has 1 aromatic carbocycles. The fourth-order valence-electron chi connectivity index (χ4n) is 3.14. The zero-order valence-corrected chi connectivity index (χ0v) is 13.9. The van der Waals surface area contributed by atoms with Crippen LogP contribution in [0.1, 0.15) is 25.0 Å². The summed E-state index contributed by atoms with van der Waals surface area (Å²) >= 11 is 6.19. The largest absolute Gasteiger partial charge is 0.493 e. The van der Waals surface area contributed by atoms with Gasteiger partial charge in [0.05, 0.1) is 17.6 Å². The second-order valence-corrected chi connectivity index (χ2v) is 8.85. The Morgan fingerprint density at radius 1 is 1.38 bits per heavy atom. The summed E-state index contributed by atoms with van der Waals surface area (Å²) in [4.78, 5) is 2.21. The van der Waals surface area contributed by atoms with Crippen molar-refractivity contribution >= 4 is 21.4 Å². The predicted molar refractivity (Wildman–Crippen MR) is 83.8 cm³/mol. The van der Waals surface area contributed by atoms with Crippen molar-refractivity contribution in [2.75, 3.05) is 18.9 Å². The lowest BCUT2D eigenvalue weighted by atomic mass is 10.1. The van der Waals surface area contributed by atoms with Gasteiger partial charge in [-0.3, -0.25) is 4.90 Å². The lowest BCUT2D eigenvalue weighted by Gasteiger charge is -2.37. The van der Waals surface area contributed by atoms with Crippen LogP contribution in [-0.2, 0) is 22.8 Å². The summed E-state index contributed by atoms with van der Waals surface area (Å²) < 4.78 is 29.6. The van der Waals surface area contributed by atoms with E-state index < -0.39 is 9.84 Å². The molecule has 1 fully saturated rings. The average molecular weight is 330 g/mol. The molecule has 2 aliphatic rings. The molecule has 116 valence electrons. The molecule has 0 aliphatic carbocycles. The third-order valence-electron chi connectivity index (χ3n) is 4.68. The van der Waals surface area contributed by atoms with E-state index >= 15 is 0 Å². The zero-order chi connectivity index (χ0) is 15.2. The highest BCUT2D eigenvalue weighted by Gasteiger charge is 2.36. The summed E-state index contributed by atoms with van der Waals surface area (Å²) in [5.41, 5.74) is 2.22. The standard InChI is InChI=1S/C15H20ClNO3S/c1-10-11(2)21(18,19)6-4-17(10)9-13-8-14(16)7-12-3-5-20-15(12)13/h7-8,10-11H,3-6,9H2,1-2H3. The second kappa shape index (κ2) is 5.45. The van der Waals surface area contributed by atoms with E-state index in [2.05, 4.69) is 4.90 Å². The first kappa shape index (κ1) is 15.1. The number of hydrogen-bond donors (Lipinski definition) is 0. The summed E-state index contributed by atoms with van der Waals surface area (Å²) in [6.07, 6.45) is 0.892. The molecule has 0 spiro atoms. The van der Waals surface area contributed by atoms with Crippen molar-refractivity contribution in [2.45, 2.75) is 38.1 Å². The smallest absolute Gasteiger partial charge is 0.155 e. The summed E-state index contributed by atoms with van der Waals surface area (Å²) in [6.45, 7) is 5.72. The molecule has 0 radical (unpaired) electrons. The number of benzene rings is 1. The molecule has 0 saturated carbocycles. The van der Waals surface area contributed by atoms with Crippen molar-refractivity contribution in [3.63, 3.8) is 0 Å². The van der Waals surface area contributed by atoms with Crippen LogP contribution in [0.3, 0.4) is 0 Å².